The number of allylic oxidation sites excluding steroid dienone is 2. The molecule has 2 saturated carbocycles. The molecule has 0 unspecified atom stereocenters. The highest BCUT2D eigenvalue weighted by Gasteiger charge is 2.73. The van der Waals surface area contributed by atoms with Crippen LogP contribution in [0.5, 0.6) is 0 Å². The standard InChI is InChI=1S/C29H40O7/c1-24(2,34)12-11-20(31)29(8,35)22-18(30)13-26(5)19-10-9-16-17(15-36-23(33)25(16,3)4)28(19,7)21(32)14-27(22,26)6/h9,11-12,15,18-19,22,30,34-35H,10,13-14H2,1-8H3/b12-11+/t18-,19+,22+,26+,27-,28+,29+/m1/s1. The number of aliphatic hydroxyl groups excluding tert-OH is 1. The highest BCUT2D eigenvalue weighted by Crippen LogP contribution is 2.73. The first-order valence-corrected chi connectivity index (χ1v) is 12.8. The second-order valence-corrected chi connectivity index (χ2v) is 13.4. The Balaban J connectivity index is 1.81. The van der Waals surface area contributed by atoms with Gasteiger partial charge in [-0.1, -0.05) is 26.0 Å². The van der Waals surface area contributed by atoms with E-state index in [1.54, 1.807) is 13.8 Å². The van der Waals surface area contributed by atoms with Crippen LogP contribution in [0.2, 0.25) is 0 Å². The first-order valence-electron chi connectivity index (χ1n) is 12.8. The molecule has 0 aromatic carbocycles. The Kier molecular flexibility index (Phi) is 5.78. The van der Waals surface area contributed by atoms with Crippen LogP contribution in [0.25, 0.3) is 0 Å². The van der Waals surface area contributed by atoms with E-state index in [1.807, 2.05) is 19.9 Å². The first kappa shape index (κ1) is 27.0. The van der Waals surface area contributed by atoms with Gasteiger partial charge in [-0.3, -0.25) is 14.4 Å². The van der Waals surface area contributed by atoms with Crippen molar-refractivity contribution in [3.8, 4) is 0 Å². The fourth-order valence-corrected chi connectivity index (χ4v) is 7.97. The van der Waals surface area contributed by atoms with Gasteiger partial charge >= 0.3 is 5.97 Å². The number of cyclic esters (lactones) is 1. The van der Waals surface area contributed by atoms with Crippen molar-refractivity contribution in [3.05, 3.63) is 35.6 Å². The zero-order valence-corrected chi connectivity index (χ0v) is 22.6. The summed E-state index contributed by atoms with van der Waals surface area (Å²) >= 11 is 0. The van der Waals surface area contributed by atoms with Crippen LogP contribution < -0.4 is 0 Å². The van der Waals surface area contributed by atoms with Gasteiger partial charge in [-0.15, -0.1) is 0 Å². The summed E-state index contributed by atoms with van der Waals surface area (Å²) in [5, 5.41) is 33.0. The van der Waals surface area contributed by atoms with Crippen molar-refractivity contribution < 1.29 is 34.4 Å². The molecule has 0 saturated heterocycles. The highest BCUT2D eigenvalue weighted by atomic mass is 16.5. The molecule has 198 valence electrons. The maximum Gasteiger partial charge on any atom is 0.320 e. The van der Waals surface area contributed by atoms with Crippen molar-refractivity contribution in [2.75, 3.05) is 0 Å². The van der Waals surface area contributed by atoms with Gasteiger partial charge in [0.15, 0.2) is 5.78 Å². The van der Waals surface area contributed by atoms with E-state index in [9.17, 15) is 29.7 Å². The number of ether oxygens (including phenoxy) is 1. The molecule has 1 heterocycles. The molecule has 2 fully saturated rings. The van der Waals surface area contributed by atoms with Gasteiger partial charge in [0, 0.05) is 17.9 Å². The number of esters is 1. The molecule has 0 aromatic rings. The molecule has 1 aliphatic heterocycles. The maximum absolute atomic E-state index is 14.1. The molecule has 0 spiro atoms. The second kappa shape index (κ2) is 7.71. The predicted molar refractivity (Wildman–Crippen MR) is 133 cm³/mol. The van der Waals surface area contributed by atoms with E-state index in [1.165, 1.54) is 39.2 Å². The Hall–Kier alpha value is -2.09. The fraction of sp³-hybridized carbons (Fsp3) is 0.690. The molecule has 0 bridgehead atoms. The summed E-state index contributed by atoms with van der Waals surface area (Å²) in [7, 11) is 0. The molecule has 4 aliphatic rings. The van der Waals surface area contributed by atoms with E-state index >= 15 is 0 Å². The minimum Gasteiger partial charge on any atom is -0.434 e. The molecule has 0 amide bonds. The summed E-state index contributed by atoms with van der Waals surface area (Å²) < 4.78 is 5.42. The van der Waals surface area contributed by atoms with Gasteiger partial charge in [0.05, 0.1) is 28.8 Å². The summed E-state index contributed by atoms with van der Waals surface area (Å²) in [5.74, 6) is -2.13. The smallest absolute Gasteiger partial charge is 0.320 e. The summed E-state index contributed by atoms with van der Waals surface area (Å²) in [6.07, 6.45) is 5.85. The second-order valence-electron chi connectivity index (χ2n) is 13.4. The maximum atomic E-state index is 14.1. The Morgan fingerprint density at radius 1 is 1.06 bits per heavy atom. The summed E-state index contributed by atoms with van der Waals surface area (Å²) in [6, 6.07) is 0. The molecular weight excluding hydrogens is 460 g/mol. The van der Waals surface area contributed by atoms with Gasteiger partial charge < -0.3 is 20.1 Å². The lowest BCUT2D eigenvalue weighted by molar-refractivity contribution is -0.172. The number of rotatable bonds is 4. The Morgan fingerprint density at radius 3 is 2.25 bits per heavy atom. The van der Waals surface area contributed by atoms with Crippen molar-refractivity contribution in [2.24, 2.45) is 33.5 Å². The average Bonchev–Trinajstić information content (AvgIpc) is 2.94. The van der Waals surface area contributed by atoms with E-state index in [4.69, 9.17) is 4.74 Å². The minimum absolute atomic E-state index is 0.0487. The number of carbonyl (C=O) groups excluding carboxylic acids is 3. The fourth-order valence-electron chi connectivity index (χ4n) is 7.97. The van der Waals surface area contributed by atoms with Crippen molar-refractivity contribution in [1.29, 1.82) is 0 Å². The van der Waals surface area contributed by atoms with E-state index in [0.717, 1.165) is 5.57 Å². The number of ketones is 2. The lowest BCUT2D eigenvalue weighted by Gasteiger charge is -2.62. The van der Waals surface area contributed by atoms with Crippen molar-refractivity contribution >= 4 is 17.5 Å². The van der Waals surface area contributed by atoms with Crippen molar-refractivity contribution in [3.63, 3.8) is 0 Å². The normalized spacial score (nSPS) is 41.5. The van der Waals surface area contributed by atoms with Crippen molar-refractivity contribution in [2.45, 2.75) is 92.0 Å². The number of aliphatic hydroxyl groups is 3. The third-order valence-corrected chi connectivity index (χ3v) is 10.2. The van der Waals surface area contributed by atoms with Crippen LogP contribution in [0.15, 0.2) is 35.6 Å². The molecule has 7 atom stereocenters. The zero-order chi connectivity index (χ0) is 27.3. The van der Waals surface area contributed by atoms with Gasteiger partial charge in [-0.2, -0.15) is 0 Å². The average molecular weight is 501 g/mol. The Bertz CT molecular complexity index is 1120. The molecule has 0 radical (unpaired) electrons. The largest absolute Gasteiger partial charge is 0.434 e. The summed E-state index contributed by atoms with van der Waals surface area (Å²) in [4.78, 5) is 39.7. The topological polar surface area (TPSA) is 121 Å². The number of hydrogen-bond donors (Lipinski definition) is 3. The van der Waals surface area contributed by atoms with Crippen molar-refractivity contribution in [1.82, 2.24) is 0 Å². The van der Waals surface area contributed by atoms with E-state index in [2.05, 4.69) is 6.92 Å². The summed E-state index contributed by atoms with van der Waals surface area (Å²) in [6.45, 7) is 13.9. The SMILES string of the molecule is CC(C)(O)/C=C/C(=O)[C@](C)(O)[C@H]1[C@H](O)C[C@@]2(C)[C@@H]3CC=C4C(=COC(=O)C4(C)C)[C@]3(C)C(=O)C[C@]12C. The number of Topliss-reactive ketones (excluding diaryl/α,β-unsaturated/α-hetero) is 1. The predicted octanol–water partition coefficient (Wildman–Crippen LogP) is 3.42. The van der Waals surface area contributed by atoms with Crippen LogP contribution in [0.3, 0.4) is 0 Å². The minimum atomic E-state index is -1.95. The molecular formula is C29H40O7. The van der Waals surface area contributed by atoms with Crippen LogP contribution in [-0.2, 0) is 19.1 Å². The number of hydrogen-bond acceptors (Lipinski definition) is 7. The van der Waals surface area contributed by atoms with Gasteiger partial charge in [-0.25, -0.2) is 0 Å². The molecule has 36 heavy (non-hydrogen) atoms. The monoisotopic (exact) mass is 500 g/mol. The third-order valence-electron chi connectivity index (χ3n) is 10.2. The zero-order valence-electron chi connectivity index (χ0n) is 22.6. The molecule has 7 nitrogen and oxygen atoms in total. The first-order chi connectivity index (χ1) is 16.2. The number of fused-ring (bicyclic) bond motifs is 5. The summed E-state index contributed by atoms with van der Waals surface area (Å²) in [5.41, 5.74) is -4.93. The van der Waals surface area contributed by atoms with Gasteiger partial charge in [0.2, 0.25) is 0 Å². The van der Waals surface area contributed by atoms with Crippen LogP contribution in [0.1, 0.15) is 74.7 Å². The highest BCUT2D eigenvalue weighted by molar-refractivity contribution is 5.98. The quantitative estimate of drug-likeness (QED) is 0.399. The van der Waals surface area contributed by atoms with E-state index in [0.29, 0.717) is 18.4 Å². The van der Waals surface area contributed by atoms with Crippen LogP contribution >= 0.6 is 0 Å². The molecule has 0 aromatic heterocycles. The van der Waals surface area contributed by atoms with Gasteiger partial charge in [0.25, 0.3) is 0 Å². The lowest BCUT2D eigenvalue weighted by atomic mass is 9.40. The van der Waals surface area contributed by atoms with Gasteiger partial charge in [-0.05, 0) is 82.8 Å². The number of carbonyl (C=O) groups is 3. The lowest BCUT2D eigenvalue weighted by Crippen LogP contribution is -2.63. The third kappa shape index (κ3) is 3.38. The molecule has 7 heteroatoms. The Morgan fingerprint density at radius 2 is 1.67 bits per heavy atom. The molecule has 3 aliphatic carbocycles. The van der Waals surface area contributed by atoms with Crippen LogP contribution in [-0.4, -0.2) is 50.2 Å². The Labute approximate surface area is 213 Å². The van der Waals surface area contributed by atoms with E-state index in [-0.39, 0.29) is 24.1 Å². The van der Waals surface area contributed by atoms with Crippen LogP contribution in [0, 0.1) is 33.5 Å². The molecule has 4 rings (SSSR count). The van der Waals surface area contributed by atoms with Gasteiger partial charge in [0.1, 0.15) is 11.4 Å². The van der Waals surface area contributed by atoms with E-state index < -0.39 is 50.7 Å². The molecule has 3 N–H and O–H groups in total. The van der Waals surface area contributed by atoms with Crippen LogP contribution in [0.4, 0.5) is 0 Å².